The number of anilines is 2. The Labute approximate surface area is 487 Å². The van der Waals surface area contributed by atoms with Crippen LogP contribution >= 0.6 is 61.5 Å². The van der Waals surface area contributed by atoms with E-state index >= 15 is 0 Å². The van der Waals surface area contributed by atoms with Gasteiger partial charge in [-0.15, -0.1) is 11.3 Å². The molecule has 12 rings (SSSR count). The van der Waals surface area contributed by atoms with Gasteiger partial charge < -0.3 is 34.6 Å². The summed E-state index contributed by atoms with van der Waals surface area (Å²) in [5.41, 5.74) is 13.9. The van der Waals surface area contributed by atoms with Crippen LogP contribution in [0.15, 0.2) is 152 Å². The Hall–Kier alpha value is -7.64. The van der Waals surface area contributed by atoms with Crippen LogP contribution in [0.1, 0.15) is 45.3 Å². The fourth-order valence-corrected chi connectivity index (χ4v) is 10.7. The Morgan fingerprint density at radius 3 is 1.70 bits per heavy atom. The minimum atomic E-state index is -0.386. The summed E-state index contributed by atoms with van der Waals surface area (Å²) >= 11 is 13.4. The fraction of sp³-hybridized carbons (Fsp3) is 0.196. The monoisotopic (exact) mass is 1210 g/mol. The van der Waals surface area contributed by atoms with Crippen molar-refractivity contribution >= 4 is 121 Å². The predicted octanol–water partition coefficient (Wildman–Crippen LogP) is 12.2. The standard InChI is InChI=1S/C18H14N4OS.C13H11N3OS.C12H18BNO3.C9H7BrN2OS.C4H3ClN2/c1-23-15-6-13(9-20-11-15)12-2-3-16-17(7-12)24-18(22-16)8-14-10-19-4-5-21-14;1-17-10-4-9(6-15-7-10)8-2-3-11-12(5-8)18-13(14)16-11;1-11(2)12(3,4)17-13(16-11)9-6-10(15-5)8-14-7-9;1-5(13)11-9-12-7-3-2-6(10)4-8(7)14-9;5-4-3-6-1-2-7-4/h2-7,9-11H,8H2,1H3;2-7H,1H3,(H2,14,16);6-8H,1-5H3;2-4H,1H3,(H,11,12,13);1-3H. The molecule has 18 nitrogen and oxygen atoms in total. The van der Waals surface area contributed by atoms with Gasteiger partial charge in [0.25, 0.3) is 0 Å². The minimum absolute atomic E-state index is 0.0943. The van der Waals surface area contributed by atoms with Crippen molar-refractivity contribution in [1.29, 1.82) is 0 Å². The number of aromatic nitrogens is 10. The molecule has 3 N–H and O–H groups in total. The summed E-state index contributed by atoms with van der Waals surface area (Å²) in [6, 6.07) is 24.0. The van der Waals surface area contributed by atoms with E-state index in [1.54, 1.807) is 88.4 Å². The molecule has 0 spiro atoms. The van der Waals surface area contributed by atoms with Gasteiger partial charge in [-0.05, 0) is 99.5 Å². The number of fused-ring (bicyclic) bond motifs is 3. The first kappa shape index (κ1) is 58.5. The van der Waals surface area contributed by atoms with E-state index in [1.165, 1.54) is 35.8 Å². The predicted molar refractivity (Wildman–Crippen MR) is 323 cm³/mol. The maximum absolute atomic E-state index is 10.8. The third-order valence-corrected chi connectivity index (χ3v) is 15.5. The molecule has 3 aromatic carbocycles. The number of carbonyl (C=O) groups is 1. The summed E-state index contributed by atoms with van der Waals surface area (Å²) in [7, 11) is 4.51. The van der Waals surface area contributed by atoms with E-state index in [1.807, 2.05) is 94.7 Å². The molecule has 0 bridgehead atoms. The van der Waals surface area contributed by atoms with E-state index in [2.05, 4.69) is 89.3 Å². The lowest BCUT2D eigenvalue weighted by atomic mass is 9.80. The van der Waals surface area contributed by atoms with E-state index in [-0.39, 0.29) is 24.2 Å². The van der Waals surface area contributed by atoms with Crippen LogP contribution < -0.4 is 30.7 Å². The molecule has 0 atom stereocenters. The second-order valence-corrected chi connectivity index (χ2v) is 22.7. The first-order chi connectivity index (χ1) is 38.5. The van der Waals surface area contributed by atoms with Crippen LogP contribution in [0.3, 0.4) is 0 Å². The third-order valence-electron chi connectivity index (χ3n) is 12.0. The van der Waals surface area contributed by atoms with Gasteiger partial charge in [0, 0.05) is 84.0 Å². The second-order valence-electron chi connectivity index (χ2n) is 18.2. The third kappa shape index (κ3) is 15.8. The molecule has 0 unspecified atom stereocenters. The average molecular weight is 1210 g/mol. The Kier molecular flexibility index (Phi) is 19.8. The van der Waals surface area contributed by atoms with Gasteiger partial charge in [0.15, 0.2) is 10.3 Å². The van der Waals surface area contributed by atoms with Crippen molar-refractivity contribution in [1.82, 2.24) is 49.8 Å². The zero-order chi connectivity index (χ0) is 56.8. The van der Waals surface area contributed by atoms with Crippen LogP contribution in [0.5, 0.6) is 17.2 Å². The molecule has 0 aliphatic carbocycles. The fourth-order valence-electron chi connectivity index (χ4n) is 7.34. The number of carbonyl (C=O) groups excluding carboxylic acids is 1. The zero-order valence-corrected chi connectivity index (χ0v) is 49.4. The number of benzene rings is 3. The van der Waals surface area contributed by atoms with E-state index in [4.69, 9.17) is 40.9 Å². The highest BCUT2D eigenvalue weighted by Gasteiger charge is 2.52. The van der Waals surface area contributed by atoms with Crippen molar-refractivity contribution in [2.24, 2.45) is 0 Å². The Morgan fingerprint density at radius 1 is 0.613 bits per heavy atom. The molecular formula is C56H53BBrClN12O6S3. The number of rotatable bonds is 9. The van der Waals surface area contributed by atoms with Crippen molar-refractivity contribution in [3.63, 3.8) is 0 Å². The lowest BCUT2D eigenvalue weighted by Crippen LogP contribution is -2.41. The van der Waals surface area contributed by atoms with Crippen LogP contribution in [0.4, 0.5) is 10.3 Å². The SMILES string of the molecule is CC(=O)Nc1nc2ccc(Br)cc2s1.COc1cncc(-c2ccc3nc(Cc4cnccn4)sc3c2)c1.COc1cncc(-c2ccc3nc(N)sc3c2)c1.COc1cncc(B2OC(C)(C)C(C)(C)O2)c1.Clc1cnccn1. The Morgan fingerprint density at radius 2 is 1.15 bits per heavy atom. The molecule has 1 fully saturated rings. The molecule has 1 aliphatic rings. The zero-order valence-electron chi connectivity index (χ0n) is 44.6. The van der Waals surface area contributed by atoms with Crippen LogP contribution in [0.25, 0.3) is 52.9 Å². The second kappa shape index (κ2) is 27.0. The maximum Gasteiger partial charge on any atom is 0.496 e. The quantitative estimate of drug-likeness (QED) is 0.128. The molecule has 408 valence electrons. The number of hydrogen-bond acceptors (Lipinski definition) is 20. The highest BCUT2D eigenvalue weighted by molar-refractivity contribution is 9.10. The number of amides is 1. The highest BCUT2D eigenvalue weighted by Crippen LogP contribution is 2.37. The van der Waals surface area contributed by atoms with Crippen molar-refractivity contribution in [3.05, 3.63) is 167 Å². The molecule has 24 heteroatoms. The number of halogens is 2. The van der Waals surface area contributed by atoms with E-state index in [9.17, 15) is 4.79 Å². The van der Waals surface area contributed by atoms with Crippen LogP contribution in [-0.4, -0.2) is 95.4 Å². The van der Waals surface area contributed by atoms with Gasteiger partial charge >= 0.3 is 7.12 Å². The number of nitrogens with one attached hydrogen (secondary N) is 1. The smallest absolute Gasteiger partial charge is 0.495 e. The van der Waals surface area contributed by atoms with Crippen molar-refractivity contribution in [3.8, 4) is 39.5 Å². The number of nitrogen functional groups attached to an aromatic ring is 1. The molecule has 0 saturated carbocycles. The van der Waals surface area contributed by atoms with Gasteiger partial charge in [-0.25, -0.2) is 19.9 Å². The Bertz CT molecular complexity index is 3830. The molecule has 9 heterocycles. The maximum atomic E-state index is 10.8. The van der Waals surface area contributed by atoms with Crippen molar-refractivity contribution < 1.29 is 28.3 Å². The van der Waals surface area contributed by atoms with Gasteiger partial charge in [-0.2, -0.15) is 0 Å². The lowest BCUT2D eigenvalue weighted by Gasteiger charge is -2.32. The number of methoxy groups -OCH3 is 3. The van der Waals surface area contributed by atoms with Crippen LogP contribution in [0, 0.1) is 0 Å². The number of ether oxygens (including phenoxy) is 3. The largest absolute Gasteiger partial charge is 0.496 e. The van der Waals surface area contributed by atoms with Gasteiger partial charge in [0.2, 0.25) is 5.91 Å². The van der Waals surface area contributed by atoms with Crippen molar-refractivity contribution in [2.45, 2.75) is 52.2 Å². The number of pyridine rings is 3. The van der Waals surface area contributed by atoms with Gasteiger partial charge in [0.05, 0.1) is 98.7 Å². The summed E-state index contributed by atoms with van der Waals surface area (Å²) in [6.45, 7) is 9.59. The van der Waals surface area contributed by atoms with Gasteiger partial charge in [-0.1, -0.05) is 62.3 Å². The van der Waals surface area contributed by atoms with Gasteiger partial charge in [-0.3, -0.25) is 34.7 Å². The number of nitrogens with two attached hydrogens (primary N) is 1. The molecule has 1 amide bonds. The minimum Gasteiger partial charge on any atom is -0.495 e. The van der Waals surface area contributed by atoms with Crippen molar-refractivity contribution in [2.75, 3.05) is 32.4 Å². The molecule has 8 aromatic heterocycles. The molecular weight excluding hydrogens is 1160 g/mol. The highest BCUT2D eigenvalue weighted by atomic mass is 79.9. The van der Waals surface area contributed by atoms with Crippen LogP contribution in [-0.2, 0) is 20.5 Å². The summed E-state index contributed by atoms with van der Waals surface area (Å²) in [5, 5.41) is 5.37. The number of thiazole rings is 3. The summed E-state index contributed by atoms with van der Waals surface area (Å²) in [4.78, 5) is 52.3. The topological polar surface area (TPSA) is 230 Å². The van der Waals surface area contributed by atoms with E-state index in [0.29, 0.717) is 27.6 Å². The number of nitrogens with zero attached hydrogens (tertiary/aromatic N) is 10. The number of hydrogen-bond donors (Lipinski definition) is 2. The lowest BCUT2D eigenvalue weighted by molar-refractivity contribution is -0.114. The summed E-state index contributed by atoms with van der Waals surface area (Å²) in [5.74, 6) is 2.11. The Balaban J connectivity index is 0.000000137. The first-order valence-electron chi connectivity index (χ1n) is 24.4. The van der Waals surface area contributed by atoms with E-state index < -0.39 is 0 Å². The summed E-state index contributed by atoms with van der Waals surface area (Å²) < 4.78 is 31.7. The average Bonchev–Trinajstić information content (AvgIpc) is 4.25. The molecule has 11 aromatic rings. The first-order valence-corrected chi connectivity index (χ1v) is 28.0. The molecule has 1 aliphatic heterocycles. The molecule has 0 radical (unpaired) electrons. The van der Waals surface area contributed by atoms with Gasteiger partial charge in [0.1, 0.15) is 22.4 Å². The summed E-state index contributed by atoms with van der Waals surface area (Å²) in [6.07, 6.45) is 20.9. The van der Waals surface area contributed by atoms with Crippen LogP contribution in [0.2, 0.25) is 5.15 Å². The molecule has 80 heavy (non-hydrogen) atoms. The van der Waals surface area contributed by atoms with E-state index in [0.717, 1.165) is 85.0 Å². The normalized spacial score (nSPS) is 12.8. The molecule has 1 saturated heterocycles.